The summed E-state index contributed by atoms with van der Waals surface area (Å²) in [6.45, 7) is 3.83. The molecule has 3 aromatic carbocycles. The number of nitrogens with zero attached hydrogens (tertiary/aromatic N) is 4. The number of hydrogen-bond acceptors (Lipinski definition) is 5. The second-order valence-corrected chi connectivity index (χ2v) is 16.2. The number of carbonyl (C=O) groups excluding carboxylic acids is 1. The molecule has 4 aromatic rings. The van der Waals surface area contributed by atoms with Crippen LogP contribution in [0.3, 0.4) is 0 Å². The van der Waals surface area contributed by atoms with Crippen LogP contribution in [0.5, 0.6) is 0 Å². The van der Waals surface area contributed by atoms with Gasteiger partial charge in [0.2, 0.25) is 10.0 Å². The summed E-state index contributed by atoms with van der Waals surface area (Å²) in [7, 11) is -2.61. The van der Waals surface area contributed by atoms with Crippen LogP contribution >= 0.6 is 23.2 Å². The van der Waals surface area contributed by atoms with Gasteiger partial charge >= 0.3 is 0 Å². The highest BCUT2D eigenvalue weighted by Crippen LogP contribution is 2.45. The smallest absolute Gasteiger partial charge is 0.256 e. The van der Waals surface area contributed by atoms with Gasteiger partial charge in [-0.2, -0.15) is 0 Å². The fourth-order valence-corrected chi connectivity index (χ4v) is 10.3. The summed E-state index contributed by atoms with van der Waals surface area (Å²) in [5, 5.41) is -0.0960. The molecular formula is C36H40Cl2FN5O3S. The van der Waals surface area contributed by atoms with Gasteiger partial charge in [0.15, 0.2) is 0 Å². The first-order valence-corrected chi connectivity index (χ1v) is 18.9. The number of hydrogen-bond donors (Lipinski definition) is 1. The predicted octanol–water partition coefficient (Wildman–Crippen LogP) is 7.13. The third-order valence-corrected chi connectivity index (χ3v) is 13.4. The van der Waals surface area contributed by atoms with E-state index in [4.69, 9.17) is 28.2 Å². The molecule has 3 fully saturated rings. The van der Waals surface area contributed by atoms with Crippen molar-refractivity contribution in [2.24, 2.45) is 0 Å². The molecule has 0 saturated carbocycles. The van der Waals surface area contributed by atoms with Gasteiger partial charge in [-0.3, -0.25) is 9.69 Å². The van der Waals surface area contributed by atoms with Crippen LogP contribution in [0.4, 0.5) is 4.39 Å². The molecule has 1 N–H and O–H groups in total. The van der Waals surface area contributed by atoms with E-state index >= 15 is 0 Å². The first-order chi connectivity index (χ1) is 23.0. The van der Waals surface area contributed by atoms with Crippen molar-refractivity contribution in [1.29, 1.82) is 0 Å². The van der Waals surface area contributed by atoms with E-state index in [0.29, 0.717) is 44.1 Å². The van der Waals surface area contributed by atoms with Crippen LogP contribution in [-0.2, 0) is 15.4 Å². The van der Waals surface area contributed by atoms with Crippen molar-refractivity contribution in [1.82, 2.24) is 24.1 Å². The Labute approximate surface area is 291 Å². The summed E-state index contributed by atoms with van der Waals surface area (Å²) in [4.78, 5) is 22.8. The molecule has 7 rings (SSSR count). The van der Waals surface area contributed by atoms with Crippen LogP contribution < -0.4 is 4.72 Å². The number of likely N-dealkylation sites (tertiary alicyclic amines) is 1. The minimum absolute atomic E-state index is 0.0201. The van der Waals surface area contributed by atoms with Crippen molar-refractivity contribution in [3.8, 4) is 0 Å². The zero-order chi connectivity index (χ0) is 33.8. The molecule has 2 unspecified atom stereocenters. The zero-order valence-corrected chi connectivity index (χ0v) is 29.5. The Hall–Kier alpha value is -3.02. The Balaban J connectivity index is 1.09. The van der Waals surface area contributed by atoms with E-state index in [1.54, 1.807) is 17.0 Å². The molecule has 3 aliphatic rings. The van der Waals surface area contributed by atoms with E-state index < -0.39 is 15.9 Å². The second-order valence-electron chi connectivity index (χ2n) is 13.5. The SMILES string of the molecule is CNS(=O)(=O)c1ccc(Cl)c(C(=O)N2CCC(CCN3C4CCC3CC(n3c(C)nc5ccccc53)C4)(c3cccc(F)c3)CC2)c1Cl. The number of piperidine rings is 2. The molecule has 48 heavy (non-hydrogen) atoms. The number of nitrogens with one attached hydrogen (secondary N) is 1. The molecule has 2 bridgehead atoms. The van der Waals surface area contributed by atoms with Gasteiger partial charge in [0.05, 0.1) is 26.6 Å². The van der Waals surface area contributed by atoms with Gasteiger partial charge in [-0.25, -0.2) is 22.5 Å². The van der Waals surface area contributed by atoms with Gasteiger partial charge in [-0.15, -0.1) is 0 Å². The van der Waals surface area contributed by atoms with Crippen molar-refractivity contribution >= 4 is 50.2 Å². The Kier molecular flexibility index (Phi) is 9.08. The first-order valence-electron chi connectivity index (χ1n) is 16.7. The largest absolute Gasteiger partial charge is 0.338 e. The zero-order valence-electron chi connectivity index (χ0n) is 27.1. The number of imidazole rings is 1. The minimum Gasteiger partial charge on any atom is -0.338 e. The van der Waals surface area contributed by atoms with E-state index in [1.807, 2.05) is 12.1 Å². The Morgan fingerprint density at radius 1 is 1.00 bits per heavy atom. The van der Waals surface area contributed by atoms with Gasteiger partial charge in [0.1, 0.15) is 16.5 Å². The van der Waals surface area contributed by atoms with Crippen LogP contribution in [0.2, 0.25) is 10.0 Å². The summed E-state index contributed by atoms with van der Waals surface area (Å²) >= 11 is 12.9. The lowest BCUT2D eigenvalue weighted by Crippen LogP contribution is -2.49. The van der Waals surface area contributed by atoms with Gasteiger partial charge in [-0.05, 0) is 113 Å². The molecular weight excluding hydrogens is 672 g/mol. The number of aromatic nitrogens is 2. The summed E-state index contributed by atoms with van der Waals surface area (Å²) < 4.78 is 44.4. The summed E-state index contributed by atoms with van der Waals surface area (Å²) in [5.41, 5.74) is 2.87. The summed E-state index contributed by atoms with van der Waals surface area (Å²) in [6, 6.07) is 19.3. The highest BCUT2D eigenvalue weighted by molar-refractivity contribution is 7.89. The van der Waals surface area contributed by atoms with Crippen LogP contribution in [0, 0.1) is 12.7 Å². The van der Waals surface area contributed by atoms with E-state index in [0.717, 1.165) is 42.7 Å². The molecule has 3 saturated heterocycles. The van der Waals surface area contributed by atoms with E-state index in [-0.39, 0.29) is 31.7 Å². The van der Waals surface area contributed by atoms with Crippen molar-refractivity contribution in [3.63, 3.8) is 0 Å². The van der Waals surface area contributed by atoms with E-state index in [1.165, 1.54) is 43.6 Å². The molecule has 0 radical (unpaired) electrons. The quantitative estimate of drug-likeness (QED) is 0.210. The topological polar surface area (TPSA) is 87.5 Å². The lowest BCUT2D eigenvalue weighted by molar-refractivity contribution is 0.0606. The van der Waals surface area contributed by atoms with Gasteiger partial charge in [0, 0.05) is 31.2 Å². The summed E-state index contributed by atoms with van der Waals surface area (Å²) in [5.74, 6) is 0.391. The number of benzene rings is 3. The van der Waals surface area contributed by atoms with Crippen molar-refractivity contribution in [2.45, 2.75) is 80.3 Å². The fourth-order valence-electron chi connectivity index (χ4n) is 8.63. The number of halogens is 3. The standard InChI is InChI=1S/C36H40Cl2FN5O3S/c1-23-41-30-8-3-4-9-31(30)44(23)28-21-26-10-11-27(22-28)43(26)19-16-36(24-6-5-7-25(39)20-24)14-17-42(18-15-36)35(45)33-29(37)12-13-32(34(33)38)48(46,47)40-2/h3-9,12-13,20,26-28,40H,10-11,14-19,21-22H2,1-2H3. The Bertz CT molecular complexity index is 1960. The number of carbonyl (C=O) groups is 1. The number of fused-ring (bicyclic) bond motifs is 3. The molecule has 3 aliphatic heterocycles. The molecule has 1 amide bonds. The highest BCUT2D eigenvalue weighted by atomic mass is 35.5. The third kappa shape index (κ3) is 5.93. The molecule has 12 heteroatoms. The molecule has 2 atom stereocenters. The third-order valence-electron chi connectivity index (χ3n) is 11.1. The number of sulfonamides is 1. The average molecular weight is 713 g/mol. The number of para-hydroxylation sites is 2. The van der Waals surface area contributed by atoms with Crippen LogP contribution in [0.1, 0.15) is 72.7 Å². The van der Waals surface area contributed by atoms with Crippen molar-refractivity contribution in [3.05, 3.63) is 93.5 Å². The fraction of sp³-hybridized carbons (Fsp3) is 0.444. The van der Waals surface area contributed by atoms with Crippen LogP contribution in [0.15, 0.2) is 65.6 Å². The monoisotopic (exact) mass is 711 g/mol. The Morgan fingerprint density at radius 3 is 2.40 bits per heavy atom. The lowest BCUT2D eigenvalue weighted by atomic mass is 9.70. The maximum atomic E-state index is 14.7. The maximum Gasteiger partial charge on any atom is 0.256 e. The Morgan fingerprint density at radius 2 is 1.71 bits per heavy atom. The minimum atomic E-state index is -3.90. The molecule has 0 spiro atoms. The molecule has 4 heterocycles. The first kappa shape index (κ1) is 33.5. The van der Waals surface area contributed by atoms with Crippen LogP contribution in [0.25, 0.3) is 11.0 Å². The predicted molar refractivity (Wildman–Crippen MR) is 187 cm³/mol. The lowest BCUT2D eigenvalue weighted by Gasteiger charge is -2.45. The van der Waals surface area contributed by atoms with Crippen LogP contribution in [-0.4, -0.2) is 72.4 Å². The number of aryl methyl sites for hydroxylation is 1. The number of rotatable bonds is 8. The molecule has 1 aromatic heterocycles. The summed E-state index contributed by atoms with van der Waals surface area (Å²) in [6.07, 6.45) is 6.63. The molecule has 254 valence electrons. The maximum absolute atomic E-state index is 14.7. The number of amides is 1. The van der Waals surface area contributed by atoms with Gasteiger partial charge in [0.25, 0.3) is 5.91 Å². The van der Waals surface area contributed by atoms with E-state index in [9.17, 15) is 17.6 Å². The van der Waals surface area contributed by atoms with Crippen molar-refractivity contribution in [2.75, 3.05) is 26.7 Å². The van der Waals surface area contributed by atoms with E-state index in [2.05, 4.69) is 39.3 Å². The molecule has 8 nitrogen and oxygen atoms in total. The molecule has 0 aliphatic carbocycles. The average Bonchev–Trinajstić information content (AvgIpc) is 3.53. The normalized spacial score (nSPS) is 22.8. The highest BCUT2D eigenvalue weighted by Gasteiger charge is 2.44. The van der Waals surface area contributed by atoms with Crippen molar-refractivity contribution < 1.29 is 17.6 Å². The van der Waals surface area contributed by atoms with Gasteiger partial charge < -0.3 is 9.47 Å². The second kappa shape index (κ2) is 13.0. The van der Waals surface area contributed by atoms with Gasteiger partial charge in [-0.1, -0.05) is 47.5 Å².